The van der Waals surface area contributed by atoms with Crippen LogP contribution in [0.5, 0.6) is 23.0 Å². The highest BCUT2D eigenvalue weighted by atomic mass is 16.6. The number of benzene rings is 3. The maximum Gasteiger partial charge on any atom is 0.343 e. The van der Waals surface area contributed by atoms with Crippen molar-refractivity contribution in [2.75, 3.05) is 26.6 Å². The van der Waals surface area contributed by atoms with Gasteiger partial charge in [0.05, 0.1) is 38.3 Å². The van der Waals surface area contributed by atoms with Crippen molar-refractivity contribution in [3.05, 3.63) is 77.4 Å². The Balaban J connectivity index is 1.68. The number of esters is 1. The molecule has 3 rings (SSSR count). The minimum atomic E-state index is -0.986. The van der Waals surface area contributed by atoms with Crippen molar-refractivity contribution >= 4 is 29.2 Å². The maximum absolute atomic E-state index is 12.5. The fraction of sp³-hybridized carbons (Fsp3) is 0.185. The number of rotatable bonds is 8. The maximum atomic E-state index is 12.5. The number of nitrogens with one attached hydrogen (secondary N) is 2. The van der Waals surface area contributed by atoms with Gasteiger partial charge in [0.2, 0.25) is 0 Å². The first-order valence-corrected chi connectivity index (χ1v) is 11.1. The molecule has 2 amide bonds. The van der Waals surface area contributed by atoms with Crippen LogP contribution in [0, 0.1) is 6.92 Å². The zero-order chi connectivity index (χ0) is 26.9. The van der Waals surface area contributed by atoms with Crippen molar-refractivity contribution in [2.45, 2.75) is 13.8 Å². The lowest BCUT2D eigenvalue weighted by Crippen LogP contribution is -2.33. The minimum absolute atomic E-state index is 0.223. The molecule has 0 fully saturated rings. The van der Waals surface area contributed by atoms with Crippen LogP contribution in [-0.2, 0) is 9.59 Å². The largest absolute Gasteiger partial charge is 0.497 e. The first-order chi connectivity index (χ1) is 17.7. The Kier molecular flexibility index (Phi) is 8.82. The molecule has 0 unspecified atom stereocenters. The lowest BCUT2D eigenvalue weighted by atomic mass is 10.1. The number of amides is 2. The summed E-state index contributed by atoms with van der Waals surface area (Å²) >= 11 is 0. The molecule has 0 radical (unpaired) electrons. The van der Waals surface area contributed by atoms with E-state index in [9.17, 15) is 14.4 Å². The van der Waals surface area contributed by atoms with Gasteiger partial charge in [-0.3, -0.25) is 9.59 Å². The van der Waals surface area contributed by atoms with Gasteiger partial charge in [0, 0.05) is 11.6 Å². The molecule has 0 saturated carbocycles. The number of carbonyl (C=O) groups is 3. The van der Waals surface area contributed by atoms with E-state index in [1.807, 2.05) is 13.0 Å². The van der Waals surface area contributed by atoms with Gasteiger partial charge < -0.3 is 24.3 Å². The predicted molar refractivity (Wildman–Crippen MR) is 138 cm³/mol. The smallest absolute Gasteiger partial charge is 0.343 e. The summed E-state index contributed by atoms with van der Waals surface area (Å²) in [6.07, 6.45) is 0. The fourth-order valence-corrected chi connectivity index (χ4v) is 3.25. The van der Waals surface area contributed by atoms with Crippen LogP contribution in [0.2, 0.25) is 0 Å². The number of carbonyl (C=O) groups excluding carboxylic acids is 3. The number of hydrazone groups is 1. The standard InChI is InChI=1S/C27H27N3O7/c1-16-7-6-8-19(13-16)27(33)37-23-11-9-18(14-24(23)36-5)17(2)29-30-26(32)25(31)28-21-15-20(34-3)10-12-22(21)35-4/h6-15H,1-5H3,(H,28,31)(H,30,32)/b29-17+. The van der Waals surface area contributed by atoms with E-state index in [-0.39, 0.29) is 11.4 Å². The Bertz CT molecular complexity index is 1350. The van der Waals surface area contributed by atoms with Gasteiger partial charge in [-0.15, -0.1) is 0 Å². The van der Waals surface area contributed by atoms with Gasteiger partial charge in [0.25, 0.3) is 0 Å². The normalized spacial score (nSPS) is 10.8. The molecule has 3 aromatic rings. The van der Waals surface area contributed by atoms with Crippen LogP contribution in [0.25, 0.3) is 0 Å². The molecule has 0 saturated heterocycles. The minimum Gasteiger partial charge on any atom is -0.497 e. The molecule has 0 spiro atoms. The number of aryl methyl sites for hydroxylation is 1. The second-order valence-electron chi connectivity index (χ2n) is 7.78. The van der Waals surface area contributed by atoms with Gasteiger partial charge in [-0.25, -0.2) is 10.2 Å². The van der Waals surface area contributed by atoms with Crippen LogP contribution in [0.15, 0.2) is 65.8 Å². The zero-order valence-corrected chi connectivity index (χ0v) is 21.1. The van der Waals surface area contributed by atoms with E-state index >= 15 is 0 Å². The molecule has 0 atom stereocenters. The summed E-state index contributed by atoms with van der Waals surface area (Å²) in [5.74, 6) is -1.10. The van der Waals surface area contributed by atoms with E-state index < -0.39 is 17.8 Å². The van der Waals surface area contributed by atoms with Crippen molar-refractivity contribution in [2.24, 2.45) is 5.10 Å². The average molecular weight is 506 g/mol. The summed E-state index contributed by atoms with van der Waals surface area (Å²) in [6, 6.07) is 16.6. The second-order valence-corrected chi connectivity index (χ2v) is 7.78. The van der Waals surface area contributed by atoms with E-state index in [0.29, 0.717) is 34.1 Å². The third-order valence-corrected chi connectivity index (χ3v) is 5.22. The topological polar surface area (TPSA) is 125 Å². The Labute approximate surface area is 214 Å². The number of hydrogen-bond acceptors (Lipinski definition) is 8. The number of hydrogen-bond donors (Lipinski definition) is 2. The molecule has 0 heterocycles. The number of ether oxygens (including phenoxy) is 4. The summed E-state index contributed by atoms with van der Waals surface area (Å²) in [4.78, 5) is 37.2. The highest BCUT2D eigenvalue weighted by Gasteiger charge is 2.17. The van der Waals surface area contributed by atoms with E-state index in [1.165, 1.54) is 27.4 Å². The Morgan fingerprint density at radius 3 is 2.16 bits per heavy atom. The van der Waals surface area contributed by atoms with Crippen LogP contribution in [0.3, 0.4) is 0 Å². The molecule has 0 aliphatic heterocycles. The van der Waals surface area contributed by atoms with Gasteiger partial charge in [0.1, 0.15) is 11.5 Å². The molecule has 3 aromatic carbocycles. The van der Waals surface area contributed by atoms with Gasteiger partial charge in [-0.1, -0.05) is 17.7 Å². The molecule has 2 N–H and O–H groups in total. The lowest BCUT2D eigenvalue weighted by Gasteiger charge is -2.12. The van der Waals surface area contributed by atoms with Gasteiger partial charge in [-0.2, -0.15) is 5.10 Å². The van der Waals surface area contributed by atoms with Crippen LogP contribution >= 0.6 is 0 Å². The molecule has 10 nitrogen and oxygen atoms in total. The molecular weight excluding hydrogens is 478 g/mol. The van der Waals surface area contributed by atoms with Crippen LogP contribution in [-0.4, -0.2) is 44.8 Å². The number of nitrogens with zero attached hydrogens (tertiary/aromatic N) is 1. The Morgan fingerprint density at radius 2 is 1.49 bits per heavy atom. The SMILES string of the molecule is COc1ccc(OC)c(NC(=O)C(=O)N/N=C(\C)c2ccc(OC(=O)c3cccc(C)c3)c(OC)c2)c1. The van der Waals surface area contributed by atoms with E-state index in [2.05, 4.69) is 15.8 Å². The van der Waals surface area contributed by atoms with Crippen LogP contribution in [0.1, 0.15) is 28.4 Å². The first kappa shape index (κ1) is 26.7. The highest BCUT2D eigenvalue weighted by molar-refractivity contribution is 6.39. The molecule has 192 valence electrons. The third-order valence-electron chi connectivity index (χ3n) is 5.22. The Morgan fingerprint density at radius 1 is 0.757 bits per heavy atom. The Hall–Kier alpha value is -4.86. The first-order valence-electron chi connectivity index (χ1n) is 11.1. The summed E-state index contributed by atoms with van der Waals surface area (Å²) < 4.78 is 21.2. The van der Waals surface area contributed by atoms with Crippen molar-refractivity contribution in [3.63, 3.8) is 0 Å². The van der Waals surface area contributed by atoms with Crippen molar-refractivity contribution in [1.82, 2.24) is 5.43 Å². The summed E-state index contributed by atoms with van der Waals surface area (Å²) in [5, 5.41) is 6.46. The summed E-state index contributed by atoms with van der Waals surface area (Å²) in [7, 11) is 4.36. The van der Waals surface area contributed by atoms with Crippen molar-refractivity contribution in [1.29, 1.82) is 0 Å². The third kappa shape index (κ3) is 6.85. The van der Waals surface area contributed by atoms with Crippen LogP contribution in [0.4, 0.5) is 5.69 Å². The van der Waals surface area contributed by atoms with E-state index in [4.69, 9.17) is 18.9 Å². The average Bonchev–Trinajstić information content (AvgIpc) is 2.91. The molecule has 0 aromatic heterocycles. The fourth-order valence-electron chi connectivity index (χ4n) is 3.25. The van der Waals surface area contributed by atoms with Crippen molar-refractivity contribution < 1.29 is 33.3 Å². The molecule has 0 aliphatic rings. The molecule has 10 heteroatoms. The van der Waals surface area contributed by atoms with Gasteiger partial charge in [0.15, 0.2) is 11.5 Å². The monoisotopic (exact) mass is 505 g/mol. The molecule has 0 bridgehead atoms. The zero-order valence-electron chi connectivity index (χ0n) is 21.1. The van der Waals surface area contributed by atoms with Gasteiger partial charge in [-0.05, 0) is 56.3 Å². The quantitative estimate of drug-likeness (QED) is 0.157. The molecule has 0 aliphatic carbocycles. The number of anilines is 1. The highest BCUT2D eigenvalue weighted by Crippen LogP contribution is 2.30. The van der Waals surface area contributed by atoms with Gasteiger partial charge >= 0.3 is 17.8 Å². The predicted octanol–water partition coefficient (Wildman–Crippen LogP) is 3.72. The molecule has 37 heavy (non-hydrogen) atoms. The number of methoxy groups -OCH3 is 3. The summed E-state index contributed by atoms with van der Waals surface area (Å²) in [5.41, 5.74) is 4.79. The van der Waals surface area contributed by atoms with Crippen LogP contribution < -0.4 is 29.7 Å². The molecular formula is C27H27N3O7. The van der Waals surface area contributed by atoms with E-state index in [0.717, 1.165) is 5.56 Å². The van der Waals surface area contributed by atoms with Crippen molar-refractivity contribution in [3.8, 4) is 23.0 Å². The second kappa shape index (κ2) is 12.2. The summed E-state index contributed by atoms with van der Waals surface area (Å²) in [6.45, 7) is 3.52. The lowest BCUT2D eigenvalue weighted by molar-refractivity contribution is -0.136. The van der Waals surface area contributed by atoms with E-state index in [1.54, 1.807) is 55.5 Å².